The first-order valence-electron chi connectivity index (χ1n) is 5.08. The quantitative estimate of drug-likeness (QED) is 0.694. The molecule has 0 fully saturated rings. The molecule has 1 rings (SSSR count). The van der Waals surface area contributed by atoms with Crippen molar-refractivity contribution < 1.29 is 4.79 Å². The standard InChI is InChI=1S/C11H15N3OS/c1-2-6-13-11(16)14-9-5-3-4-8(7-9)10(12)15/h3-5,7H,2,6H2,1H3,(H2,12,15)(H2,13,14,16). The number of primary amides is 1. The molecule has 0 heterocycles. The molecule has 0 unspecified atom stereocenters. The van der Waals surface area contributed by atoms with Gasteiger partial charge in [0.2, 0.25) is 5.91 Å². The average Bonchev–Trinajstić information content (AvgIpc) is 2.26. The number of anilines is 1. The molecule has 4 N–H and O–H groups in total. The third kappa shape index (κ3) is 3.86. The zero-order valence-electron chi connectivity index (χ0n) is 9.12. The normalized spacial score (nSPS) is 9.56. The van der Waals surface area contributed by atoms with E-state index in [4.69, 9.17) is 18.0 Å². The summed E-state index contributed by atoms with van der Waals surface area (Å²) >= 11 is 5.07. The Labute approximate surface area is 100 Å². The van der Waals surface area contributed by atoms with Crippen LogP contribution in [0.3, 0.4) is 0 Å². The Morgan fingerprint density at radius 1 is 1.50 bits per heavy atom. The molecule has 0 saturated carbocycles. The molecule has 0 aliphatic rings. The second-order valence-corrected chi connectivity index (χ2v) is 3.73. The highest BCUT2D eigenvalue weighted by Crippen LogP contribution is 2.09. The van der Waals surface area contributed by atoms with Crippen LogP contribution in [0, 0.1) is 0 Å². The fraction of sp³-hybridized carbons (Fsp3) is 0.273. The number of carbonyl (C=O) groups is 1. The van der Waals surface area contributed by atoms with Crippen LogP contribution >= 0.6 is 12.2 Å². The summed E-state index contributed by atoms with van der Waals surface area (Å²) in [5.74, 6) is -0.448. The molecule has 0 radical (unpaired) electrons. The summed E-state index contributed by atoms with van der Waals surface area (Å²) in [4.78, 5) is 11.0. The molecule has 5 heteroatoms. The second-order valence-electron chi connectivity index (χ2n) is 3.33. The second kappa shape index (κ2) is 6.07. The maximum absolute atomic E-state index is 11.0. The van der Waals surface area contributed by atoms with E-state index < -0.39 is 5.91 Å². The van der Waals surface area contributed by atoms with Gasteiger partial charge in [-0.1, -0.05) is 13.0 Å². The van der Waals surface area contributed by atoms with Crippen molar-refractivity contribution in [3.8, 4) is 0 Å². The van der Waals surface area contributed by atoms with Crippen molar-refractivity contribution in [3.05, 3.63) is 29.8 Å². The first-order chi connectivity index (χ1) is 7.63. The minimum absolute atomic E-state index is 0.448. The maximum atomic E-state index is 11.0. The van der Waals surface area contributed by atoms with Gasteiger partial charge < -0.3 is 16.4 Å². The predicted octanol–water partition coefficient (Wildman–Crippen LogP) is 1.48. The van der Waals surface area contributed by atoms with E-state index in [0.29, 0.717) is 10.7 Å². The monoisotopic (exact) mass is 237 g/mol. The van der Waals surface area contributed by atoms with Gasteiger partial charge in [0, 0.05) is 17.8 Å². The van der Waals surface area contributed by atoms with Gasteiger partial charge in [-0.2, -0.15) is 0 Å². The average molecular weight is 237 g/mol. The topological polar surface area (TPSA) is 67.2 Å². The molecule has 0 aromatic heterocycles. The molecule has 0 aliphatic heterocycles. The van der Waals surface area contributed by atoms with Crippen LogP contribution in [-0.4, -0.2) is 17.6 Å². The number of hydrogen-bond acceptors (Lipinski definition) is 2. The lowest BCUT2D eigenvalue weighted by atomic mass is 10.2. The highest BCUT2D eigenvalue weighted by molar-refractivity contribution is 7.80. The zero-order chi connectivity index (χ0) is 12.0. The smallest absolute Gasteiger partial charge is 0.248 e. The molecule has 0 saturated heterocycles. The molecule has 0 spiro atoms. The number of hydrogen-bond donors (Lipinski definition) is 3. The summed E-state index contributed by atoms with van der Waals surface area (Å²) in [7, 11) is 0. The first kappa shape index (κ1) is 12.4. The molecule has 0 atom stereocenters. The number of amides is 1. The van der Waals surface area contributed by atoms with Crippen LogP contribution in [0.4, 0.5) is 5.69 Å². The summed E-state index contributed by atoms with van der Waals surface area (Å²) in [5.41, 5.74) is 6.39. The minimum Gasteiger partial charge on any atom is -0.366 e. The van der Waals surface area contributed by atoms with Crippen molar-refractivity contribution in [2.24, 2.45) is 5.73 Å². The highest BCUT2D eigenvalue weighted by Gasteiger charge is 2.02. The fourth-order valence-corrected chi connectivity index (χ4v) is 1.38. The van der Waals surface area contributed by atoms with Crippen LogP contribution in [0.2, 0.25) is 0 Å². The van der Waals surface area contributed by atoms with Crippen LogP contribution < -0.4 is 16.4 Å². The van der Waals surface area contributed by atoms with E-state index >= 15 is 0 Å². The molecule has 4 nitrogen and oxygen atoms in total. The minimum atomic E-state index is -0.448. The Bertz CT molecular complexity index is 393. The lowest BCUT2D eigenvalue weighted by molar-refractivity contribution is 0.100. The van der Waals surface area contributed by atoms with Gasteiger partial charge >= 0.3 is 0 Å². The number of thiocarbonyl (C=S) groups is 1. The van der Waals surface area contributed by atoms with Crippen molar-refractivity contribution >= 4 is 28.9 Å². The summed E-state index contributed by atoms with van der Waals surface area (Å²) < 4.78 is 0. The van der Waals surface area contributed by atoms with E-state index in [1.807, 2.05) is 6.07 Å². The maximum Gasteiger partial charge on any atom is 0.248 e. The Balaban J connectivity index is 2.63. The number of rotatable bonds is 4. The Morgan fingerprint density at radius 2 is 2.25 bits per heavy atom. The van der Waals surface area contributed by atoms with Crippen LogP contribution in [0.1, 0.15) is 23.7 Å². The van der Waals surface area contributed by atoms with Gasteiger partial charge in [-0.25, -0.2) is 0 Å². The third-order valence-electron chi connectivity index (χ3n) is 1.94. The molecule has 1 aromatic rings. The van der Waals surface area contributed by atoms with Crippen LogP contribution in [0.25, 0.3) is 0 Å². The van der Waals surface area contributed by atoms with Gasteiger partial charge in [0.25, 0.3) is 0 Å². The Hall–Kier alpha value is -1.62. The van der Waals surface area contributed by atoms with Crippen LogP contribution in [0.5, 0.6) is 0 Å². The van der Waals surface area contributed by atoms with E-state index in [0.717, 1.165) is 18.7 Å². The lowest BCUT2D eigenvalue weighted by Crippen LogP contribution is -2.29. The van der Waals surface area contributed by atoms with Gasteiger partial charge in [0.1, 0.15) is 0 Å². The SMILES string of the molecule is CCCNC(=S)Nc1cccc(C(N)=O)c1. The van der Waals surface area contributed by atoms with Crippen molar-refractivity contribution in [3.63, 3.8) is 0 Å². The van der Waals surface area contributed by atoms with Crippen molar-refractivity contribution in [2.75, 3.05) is 11.9 Å². The van der Waals surface area contributed by atoms with Crippen molar-refractivity contribution in [1.82, 2.24) is 5.32 Å². The van der Waals surface area contributed by atoms with Gasteiger partial charge in [0.15, 0.2) is 5.11 Å². The lowest BCUT2D eigenvalue weighted by Gasteiger charge is -2.09. The van der Waals surface area contributed by atoms with Gasteiger partial charge in [-0.15, -0.1) is 0 Å². The summed E-state index contributed by atoms with van der Waals surface area (Å²) in [6, 6.07) is 6.91. The van der Waals surface area contributed by atoms with E-state index in [1.54, 1.807) is 18.2 Å². The van der Waals surface area contributed by atoms with Gasteiger partial charge in [-0.05, 0) is 36.8 Å². The largest absolute Gasteiger partial charge is 0.366 e. The molecule has 0 bridgehead atoms. The Kier molecular flexibility index (Phi) is 4.72. The van der Waals surface area contributed by atoms with Crippen molar-refractivity contribution in [2.45, 2.75) is 13.3 Å². The van der Waals surface area contributed by atoms with E-state index in [9.17, 15) is 4.79 Å². The number of benzene rings is 1. The fourth-order valence-electron chi connectivity index (χ4n) is 1.16. The molecule has 16 heavy (non-hydrogen) atoms. The summed E-state index contributed by atoms with van der Waals surface area (Å²) in [6.45, 7) is 2.88. The number of nitrogens with two attached hydrogens (primary N) is 1. The third-order valence-corrected chi connectivity index (χ3v) is 2.19. The predicted molar refractivity (Wildman–Crippen MR) is 69.5 cm³/mol. The van der Waals surface area contributed by atoms with Gasteiger partial charge in [-0.3, -0.25) is 4.79 Å². The number of carbonyl (C=O) groups excluding carboxylic acids is 1. The van der Waals surface area contributed by atoms with E-state index in [2.05, 4.69) is 17.6 Å². The molecule has 86 valence electrons. The summed E-state index contributed by atoms with van der Waals surface area (Å²) in [6.07, 6.45) is 1.00. The van der Waals surface area contributed by atoms with Crippen LogP contribution in [0.15, 0.2) is 24.3 Å². The molecular weight excluding hydrogens is 222 g/mol. The van der Waals surface area contributed by atoms with Crippen molar-refractivity contribution in [1.29, 1.82) is 0 Å². The summed E-state index contributed by atoms with van der Waals surface area (Å²) in [5, 5.41) is 6.56. The first-order valence-corrected chi connectivity index (χ1v) is 5.49. The zero-order valence-corrected chi connectivity index (χ0v) is 9.93. The Morgan fingerprint density at radius 3 is 2.88 bits per heavy atom. The van der Waals surface area contributed by atoms with E-state index in [1.165, 1.54) is 0 Å². The molecular formula is C11H15N3OS. The molecule has 0 aliphatic carbocycles. The molecule has 1 amide bonds. The highest BCUT2D eigenvalue weighted by atomic mass is 32.1. The van der Waals surface area contributed by atoms with Gasteiger partial charge in [0.05, 0.1) is 0 Å². The van der Waals surface area contributed by atoms with Crippen LogP contribution in [-0.2, 0) is 0 Å². The molecule has 1 aromatic carbocycles. The van der Waals surface area contributed by atoms with E-state index in [-0.39, 0.29) is 0 Å². The number of nitrogens with one attached hydrogen (secondary N) is 2.